The monoisotopic (exact) mass is 334 g/mol. The van der Waals surface area contributed by atoms with Crippen molar-refractivity contribution in [2.45, 2.75) is 25.3 Å². The highest BCUT2D eigenvalue weighted by Crippen LogP contribution is 2.28. The van der Waals surface area contributed by atoms with E-state index in [-0.39, 0.29) is 6.04 Å². The summed E-state index contributed by atoms with van der Waals surface area (Å²) in [5.74, 6) is 0. The van der Waals surface area contributed by atoms with Gasteiger partial charge in [-0.2, -0.15) is 0 Å². The predicted octanol–water partition coefficient (Wildman–Crippen LogP) is 3.34. The normalized spacial score (nSPS) is 12.8. The topological polar surface area (TPSA) is 52.0 Å². The molecule has 0 heterocycles. The van der Waals surface area contributed by atoms with E-state index in [1.165, 1.54) is 0 Å². The molecule has 0 aliphatic carbocycles. The molecule has 0 unspecified atom stereocenters. The van der Waals surface area contributed by atoms with Crippen LogP contribution in [0.3, 0.4) is 0 Å². The molecule has 1 atom stereocenters. The van der Waals surface area contributed by atoms with E-state index in [2.05, 4.69) is 37.9 Å². The summed E-state index contributed by atoms with van der Waals surface area (Å²) >= 11 is 6.96. The van der Waals surface area contributed by atoms with Gasteiger partial charge in [-0.15, -0.1) is 0 Å². The molecule has 0 fully saturated rings. The summed E-state index contributed by atoms with van der Waals surface area (Å²) in [7, 11) is 0. The summed E-state index contributed by atoms with van der Waals surface area (Å²) in [6.45, 7) is 0.742. The fourth-order valence-corrected chi connectivity index (χ4v) is 2.38. The smallest absolute Gasteiger partial charge is 0.0306 e. The van der Waals surface area contributed by atoms with Crippen molar-refractivity contribution >= 4 is 31.9 Å². The zero-order valence-corrected chi connectivity index (χ0v) is 11.7. The third-order valence-corrected chi connectivity index (χ3v) is 3.54. The highest BCUT2D eigenvalue weighted by atomic mass is 79.9. The molecule has 1 aromatic rings. The molecule has 15 heavy (non-hydrogen) atoms. The Morgan fingerprint density at radius 1 is 1.20 bits per heavy atom. The van der Waals surface area contributed by atoms with Gasteiger partial charge in [-0.3, -0.25) is 0 Å². The second-order valence-corrected chi connectivity index (χ2v) is 5.33. The minimum atomic E-state index is 0.0865. The maximum atomic E-state index is 6.11. The Hall–Kier alpha value is 0.1000. The number of halogens is 2. The van der Waals surface area contributed by atoms with Crippen LogP contribution in [0, 0.1) is 0 Å². The van der Waals surface area contributed by atoms with Crippen LogP contribution in [0.15, 0.2) is 27.1 Å². The van der Waals surface area contributed by atoms with Crippen LogP contribution in [-0.4, -0.2) is 6.54 Å². The largest absolute Gasteiger partial charge is 0.330 e. The Labute approximate surface area is 108 Å². The lowest BCUT2D eigenvalue weighted by molar-refractivity contribution is 0.589. The molecule has 0 spiro atoms. The SMILES string of the molecule is NCCCC[C@@H](N)c1cc(Br)ccc1Br. The second kappa shape index (κ2) is 6.63. The summed E-state index contributed by atoms with van der Waals surface area (Å²) in [6.07, 6.45) is 3.10. The molecule has 2 nitrogen and oxygen atoms in total. The van der Waals surface area contributed by atoms with Crippen LogP contribution in [0.25, 0.3) is 0 Å². The van der Waals surface area contributed by atoms with E-state index < -0.39 is 0 Å². The molecule has 0 saturated carbocycles. The zero-order valence-electron chi connectivity index (χ0n) is 8.55. The van der Waals surface area contributed by atoms with Gasteiger partial charge in [0.25, 0.3) is 0 Å². The minimum Gasteiger partial charge on any atom is -0.330 e. The Kier molecular flexibility index (Phi) is 5.82. The molecule has 84 valence electrons. The fourth-order valence-electron chi connectivity index (χ4n) is 1.46. The molecule has 0 saturated heterocycles. The van der Waals surface area contributed by atoms with Crippen molar-refractivity contribution in [3.8, 4) is 0 Å². The van der Waals surface area contributed by atoms with Crippen LogP contribution in [0.1, 0.15) is 30.9 Å². The molecule has 1 rings (SSSR count). The number of rotatable bonds is 5. The van der Waals surface area contributed by atoms with Gasteiger partial charge in [0.15, 0.2) is 0 Å². The summed E-state index contributed by atoms with van der Waals surface area (Å²) in [5, 5.41) is 0. The van der Waals surface area contributed by atoms with Gasteiger partial charge in [0.2, 0.25) is 0 Å². The van der Waals surface area contributed by atoms with Crippen LogP contribution in [0.2, 0.25) is 0 Å². The number of unbranched alkanes of at least 4 members (excludes halogenated alkanes) is 1. The van der Waals surface area contributed by atoms with Gasteiger partial charge in [-0.05, 0) is 43.1 Å². The third-order valence-electron chi connectivity index (χ3n) is 2.33. The van der Waals surface area contributed by atoms with E-state index in [0.29, 0.717) is 0 Å². The molecule has 0 aliphatic rings. The minimum absolute atomic E-state index is 0.0865. The zero-order chi connectivity index (χ0) is 11.3. The Morgan fingerprint density at radius 2 is 1.93 bits per heavy atom. The fraction of sp³-hybridized carbons (Fsp3) is 0.455. The molecule has 0 aromatic heterocycles. The Balaban J connectivity index is 2.64. The first-order valence-corrected chi connectivity index (χ1v) is 6.64. The molecular formula is C11H16Br2N2. The van der Waals surface area contributed by atoms with E-state index in [9.17, 15) is 0 Å². The third kappa shape index (κ3) is 4.23. The lowest BCUT2D eigenvalue weighted by atomic mass is 10.0. The van der Waals surface area contributed by atoms with Crippen molar-refractivity contribution in [3.05, 3.63) is 32.7 Å². The first-order valence-electron chi connectivity index (χ1n) is 5.05. The molecular weight excluding hydrogens is 320 g/mol. The summed E-state index contributed by atoms with van der Waals surface area (Å²) in [4.78, 5) is 0. The van der Waals surface area contributed by atoms with Gasteiger partial charge < -0.3 is 11.5 Å². The highest BCUT2D eigenvalue weighted by molar-refractivity contribution is 9.11. The van der Waals surface area contributed by atoms with Gasteiger partial charge >= 0.3 is 0 Å². The van der Waals surface area contributed by atoms with Crippen molar-refractivity contribution in [2.24, 2.45) is 11.5 Å². The summed E-state index contributed by atoms with van der Waals surface area (Å²) in [6, 6.07) is 6.17. The highest BCUT2D eigenvalue weighted by Gasteiger charge is 2.09. The van der Waals surface area contributed by atoms with E-state index in [1.807, 2.05) is 12.1 Å². The maximum absolute atomic E-state index is 6.11. The lowest BCUT2D eigenvalue weighted by Gasteiger charge is -2.14. The number of nitrogens with two attached hydrogens (primary N) is 2. The van der Waals surface area contributed by atoms with Crippen molar-refractivity contribution in [1.82, 2.24) is 0 Å². The molecule has 1 aromatic carbocycles. The number of hydrogen-bond acceptors (Lipinski definition) is 2. The molecule has 4 heteroatoms. The van der Waals surface area contributed by atoms with Crippen molar-refractivity contribution in [2.75, 3.05) is 6.54 Å². The van der Waals surface area contributed by atoms with Crippen molar-refractivity contribution < 1.29 is 0 Å². The van der Waals surface area contributed by atoms with Gasteiger partial charge in [-0.1, -0.05) is 38.3 Å². The first kappa shape index (κ1) is 13.2. The average Bonchev–Trinajstić information content (AvgIpc) is 2.22. The van der Waals surface area contributed by atoms with Crippen LogP contribution in [0.4, 0.5) is 0 Å². The van der Waals surface area contributed by atoms with Crippen LogP contribution < -0.4 is 11.5 Å². The van der Waals surface area contributed by atoms with Gasteiger partial charge in [-0.25, -0.2) is 0 Å². The van der Waals surface area contributed by atoms with E-state index in [0.717, 1.165) is 40.3 Å². The van der Waals surface area contributed by atoms with Crippen molar-refractivity contribution in [1.29, 1.82) is 0 Å². The molecule has 0 radical (unpaired) electrons. The van der Waals surface area contributed by atoms with Gasteiger partial charge in [0.1, 0.15) is 0 Å². The van der Waals surface area contributed by atoms with E-state index in [4.69, 9.17) is 11.5 Å². The molecule has 0 amide bonds. The predicted molar refractivity (Wildman–Crippen MR) is 71.7 cm³/mol. The van der Waals surface area contributed by atoms with Crippen molar-refractivity contribution in [3.63, 3.8) is 0 Å². The number of hydrogen-bond donors (Lipinski definition) is 2. The molecule has 0 aliphatic heterocycles. The average molecular weight is 336 g/mol. The quantitative estimate of drug-likeness (QED) is 0.811. The second-order valence-electron chi connectivity index (χ2n) is 3.56. The Bertz CT molecular complexity index is 315. The lowest BCUT2D eigenvalue weighted by Crippen LogP contribution is -2.11. The number of benzene rings is 1. The summed E-state index contributed by atoms with van der Waals surface area (Å²) < 4.78 is 2.14. The van der Waals surface area contributed by atoms with Crippen LogP contribution in [0.5, 0.6) is 0 Å². The van der Waals surface area contributed by atoms with Gasteiger partial charge in [0, 0.05) is 15.0 Å². The van der Waals surface area contributed by atoms with E-state index >= 15 is 0 Å². The maximum Gasteiger partial charge on any atom is 0.0306 e. The van der Waals surface area contributed by atoms with Crippen LogP contribution >= 0.6 is 31.9 Å². The Morgan fingerprint density at radius 3 is 2.60 bits per heavy atom. The van der Waals surface area contributed by atoms with Crippen LogP contribution in [-0.2, 0) is 0 Å². The molecule has 0 bridgehead atoms. The summed E-state index contributed by atoms with van der Waals surface area (Å²) in [5.41, 5.74) is 12.7. The van der Waals surface area contributed by atoms with Gasteiger partial charge in [0.05, 0.1) is 0 Å². The van der Waals surface area contributed by atoms with E-state index in [1.54, 1.807) is 0 Å². The molecule has 4 N–H and O–H groups in total. The standard InChI is InChI=1S/C11H16Br2N2/c12-8-4-5-10(13)9(7-8)11(15)3-1-2-6-14/h4-5,7,11H,1-3,6,14-15H2/t11-/m1/s1. The first-order chi connectivity index (χ1) is 7.15.